The first-order chi connectivity index (χ1) is 21.3. The zero-order valence-corrected chi connectivity index (χ0v) is 28.0. The van der Waals surface area contributed by atoms with Crippen LogP contribution in [0.25, 0.3) is 5.69 Å². The molecule has 0 radical (unpaired) electrons. The molecule has 3 aromatic rings. The summed E-state index contributed by atoms with van der Waals surface area (Å²) in [7, 11) is 3.02. The summed E-state index contributed by atoms with van der Waals surface area (Å²) < 4.78 is 58.2. The van der Waals surface area contributed by atoms with Crippen molar-refractivity contribution in [2.75, 3.05) is 27.2 Å². The van der Waals surface area contributed by atoms with Gasteiger partial charge in [0.05, 0.1) is 19.3 Å². The van der Waals surface area contributed by atoms with Crippen LogP contribution in [0.15, 0.2) is 41.8 Å². The number of hydrogen-bond acceptors (Lipinski definition) is 8. The first-order valence-electron chi connectivity index (χ1n) is 14.3. The molecule has 1 aromatic carbocycles. The number of carbonyl (C=O) groups is 3. The van der Waals surface area contributed by atoms with E-state index in [1.54, 1.807) is 84.3 Å². The van der Waals surface area contributed by atoms with Crippen molar-refractivity contribution in [1.82, 2.24) is 24.9 Å². The lowest BCUT2D eigenvalue weighted by atomic mass is 10.2. The second-order valence-electron chi connectivity index (χ2n) is 12.4. The fourth-order valence-corrected chi connectivity index (χ4v) is 4.87. The topological polar surface area (TPSA) is 115 Å². The number of thiophene rings is 1. The summed E-state index contributed by atoms with van der Waals surface area (Å²) >= 11 is 1.16. The zero-order chi connectivity index (χ0) is 34.4. The number of para-hydroxylation sites is 1. The molecule has 0 spiro atoms. The summed E-state index contributed by atoms with van der Waals surface area (Å²) in [5.41, 5.74) is -2.22. The Bertz CT molecular complexity index is 1520. The van der Waals surface area contributed by atoms with Crippen molar-refractivity contribution in [3.05, 3.63) is 63.6 Å². The molecule has 46 heavy (non-hydrogen) atoms. The number of nitrogens with one attached hydrogen (secondary N) is 1. The van der Waals surface area contributed by atoms with Crippen LogP contribution in [0.5, 0.6) is 5.75 Å². The summed E-state index contributed by atoms with van der Waals surface area (Å²) in [5, 5.41) is 7.87. The molecule has 0 aliphatic carbocycles. The van der Waals surface area contributed by atoms with E-state index < -0.39 is 41.2 Å². The van der Waals surface area contributed by atoms with E-state index >= 15 is 0 Å². The van der Waals surface area contributed by atoms with Gasteiger partial charge in [-0.25, -0.2) is 14.3 Å². The maximum Gasteiger partial charge on any atom is 0.435 e. The molecule has 2 heterocycles. The molecule has 3 amide bonds. The van der Waals surface area contributed by atoms with Crippen LogP contribution >= 0.6 is 11.3 Å². The minimum Gasteiger partial charge on any atom is -0.496 e. The quantitative estimate of drug-likeness (QED) is 0.263. The molecule has 0 saturated carbocycles. The van der Waals surface area contributed by atoms with Crippen LogP contribution < -0.4 is 10.1 Å². The molecule has 0 saturated heterocycles. The number of methoxy groups -OCH3 is 1. The van der Waals surface area contributed by atoms with Gasteiger partial charge in [0.2, 0.25) is 0 Å². The molecule has 3 rings (SSSR count). The van der Waals surface area contributed by atoms with Crippen molar-refractivity contribution >= 4 is 29.4 Å². The van der Waals surface area contributed by atoms with Gasteiger partial charge in [0.15, 0.2) is 5.69 Å². The Morgan fingerprint density at radius 2 is 1.59 bits per heavy atom. The molecule has 0 aliphatic heterocycles. The van der Waals surface area contributed by atoms with E-state index in [0.29, 0.717) is 22.3 Å². The Balaban J connectivity index is 1.85. The molecule has 0 fully saturated rings. The lowest BCUT2D eigenvalue weighted by molar-refractivity contribution is -0.141. The van der Waals surface area contributed by atoms with E-state index in [4.69, 9.17) is 14.2 Å². The minimum atomic E-state index is -4.80. The van der Waals surface area contributed by atoms with Gasteiger partial charge in [-0.3, -0.25) is 4.79 Å². The third-order valence-corrected chi connectivity index (χ3v) is 7.07. The molecule has 0 aliphatic rings. The fourth-order valence-electron chi connectivity index (χ4n) is 4.01. The number of carbonyl (C=O) groups excluding carboxylic acids is 3. The molecule has 1 N–H and O–H groups in total. The third-order valence-electron chi connectivity index (χ3n) is 6.16. The summed E-state index contributed by atoms with van der Waals surface area (Å²) in [6, 6.07) is 9.17. The normalized spacial score (nSPS) is 12.0. The third kappa shape index (κ3) is 10.4. The number of halogens is 3. The Labute approximate surface area is 270 Å². The van der Waals surface area contributed by atoms with Gasteiger partial charge in [-0.2, -0.15) is 18.3 Å². The first kappa shape index (κ1) is 36.2. The van der Waals surface area contributed by atoms with Gasteiger partial charge in [0.25, 0.3) is 5.91 Å². The summed E-state index contributed by atoms with van der Waals surface area (Å²) in [6.07, 6.45) is -6.00. The standard InChI is InChI=1S/C31H40F3N5O6S/c1-29(2,3)44-27(41)37(7)13-14-38(28(42)45-30(4,5)6)18-22-15-21(19-46-22)39-23(16-25(36-39)31(32,33)34)26(40)35-17-20-11-9-10-12-24(20)43-8/h9-12,15-16,19H,13-14,17-18H2,1-8H3,(H,35,40). The van der Waals surface area contributed by atoms with Crippen LogP contribution in [0.2, 0.25) is 0 Å². The van der Waals surface area contributed by atoms with E-state index in [1.807, 2.05) is 0 Å². The van der Waals surface area contributed by atoms with Gasteiger partial charge in [-0.1, -0.05) is 18.2 Å². The van der Waals surface area contributed by atoms with Crippen molar-refractivity contribution < 1.29 is 41.8 Å². The number of likely N-dealkylation sites (N-methyl/N-ethyl adjacent to an activating group) is 1. The number of amides is 3. The van der Waals surface area contributed by atoms with Crippen molar-refractivity contribution in [3.8, 4) is 11.4 Å². The minimum absolute atomic E-state index is 0.00680. The lowest BCUT2D eigenvalue weighted by Crippen LogP contribution is -2.42. The molecule has 2 aromatic heterocycles. The predicted molar refractivity (Wildman–Crippen MR) is 166 cm³/mol. The Morgan fingerprint density at radius 3 is 2.20 bits per heavy atom. The number of aromatic nitrogens is 2. The molecule has 0 atom stereocenters. The van der Waals surface area contributed by atoms with Gasteiger partial charge < -0.3 is 29.3 Å². The van der Waals surface area contributed by atoms with E-state index in [-0.39, 0.29) is 37.6 Å². The predicted octanol–water partition coefficient (Wildman–Crippen LogP) is 6.50. The van der Waals surface area contributed by atoms with Crippen LogP contribution in [-0.2, 0) is 28.7 Å². The fraction of sp³-hybridized carbons (Fsp3) is 0.484. The monoisotopic (exact) mass is 667 g/mol. The van der Waals surface area contributed by atoms with Crippen LogP contribution in [-0.4, -0.2) is 76.1 Å². The molecule has 0 bridgehead atoms. The van der Waals surface area contributed by atoms with Crippen molar-refractivity contribution in [2.24, 2.45) is 0 Å². The Hall–Kier alpha value is -4.27. The summed E-state index contributed by atoms with van der Waals surface area (Å²) in [5.74, 6) is -0.260. The molecular formula is C31H40F3N5O6S. The highest BCUT2D eigenvalue weighted by molar-refractivity contribution is 7.10. The second-order valence-corrected chi connectivity index (χ2v) is 13.4. The average molecular weight is 668 g/mol. The van der Waals surface area contributed by atoms with Gasteiger partial charge in [-0.15, -0.1) is 11.3 Å². The molecular weight excluding hydrogens is 627 g/mol. The highest BCUT2D eigenvalue weighted by Gasteiger charge is 2.36. The number of benzene rings is 1. The maximum absolute atomic E-state index is 13.7. The van der Waals surface area contributed by atoms with E-state index in [9.17, 15) is 27.6 Å². The van der Waals surface area contributed by atoms with Gasteiger partial charge >= 0.3 is 18.4 Å². The van der Waals surface area contributed by atoms with E-state index in [2.05, 4.69) is 10.4 Å². The van der Waals surface area contributed by atoms with Crippen molar-refractivity contribution in [1.29, 1.82) is 0 Å². The molecule has 15 heteroatoms. The number of ether oxygens (including phenoxy) is 3. The van der Waals surface area contributed by atoms with Crippen LogP contribution in [0, 0.1) is 0 Å². The number of alkyl halides is 3. The van der Waals surface area contributed by atoms with Crippen LogP contribution in [0.1, 0.15) is 68.2 Å². The van der Waals surface area contributed by atoms with Crippen molar-refractivity contribution in [2.45, 2.75) is 72.0 Å². The highest BCUT2D eigenvalue weighted by Crippen LogP contribution is 2.31. The highest BCUT2D eigenvalue weighted by atomic mass is 32.1. The molecule has 0 unspecified atom stereocenters. The number of rotatable bonds is 10. The first-order valence-corrected chi connectivity index (χ1v) is 15.2. The SMILES string of the molecule is COc1ccccc1CNC(=O)c1cc(C(F)(F)F)nn1-c1csc(CN(CCN(C)C(=O)OC(C)(C)C)C(=O)OC(C)(C)C)c1. The largest absolute Gasteiger partial charge is 0.496 e. The van der Waals surface area contributed by atoms with Crippen molar-refractivity contribution in [3.63, 3.8) is 0 Å². The van der Waals surface area contributed by atoms with Gasteiger partial charge in [-0.05, 0) is 53.7 Å². The zero-order valence-electron chi connectivity index (χ0n) is 27.2. The summed E-state index contributed by atoms with van der Waals surface area (Å²) in [4.78, 5) is 42.0. The maximum atomic E-state index is 13.7. The van der Waals surface area contributed by atoms with Gasteiger partial charge in [0, 0.05) is 48.6 Å². The Kier molecular flexibility index (Phi) is 11.4. The number of hydrogen-bond donors (Lipinski definition) is 1. The van der Waals surface area contributed by atoms with E-state index in [1.165, 1.54) is 16.9 Å². The molecule has 252 valence electrons. The van der Waals surface area contributed by atoms with Crippen LogP contribution in [0.4, 0.5) is 22.8 Å². The number of nitrogens with zero attached hydrogens (tertiary/aromatic N) is 4. The summed E-state index contributed by atoms with van der Waals surface area (Å²) in [6.45, 7) is 10.6. The second kappa shape index (κ2) is 14.4. The Morgan fingerprint density at radius 1 is 0.957 bits per heavy atom. The lowest BCUT2D eigenvalue weighted by Gasteiger charge is -2.29. The smallest absolute Gasteiger partial charge is 0.435 e. The van der Waals surface area contributed by atoms with Gasteiger partial charge in [0.1, 0.15) is 22.6 Å². The average Bonchev–Trinajstić information content (AvgIpc) is 3.59. The van der Waals surface area contributed by atoms with E-state index in [0.717, 1.165) is 16.0 Å². The van der Waals surface area contributed by atoms with Crippen LogP contribution in [0.3, 0.4) is 0 Å². The molecule has 11 nitrogen and oxygen atoms in total.